The summed E-state index contributed by atoms with van der Waals surface area (Å²) in [6.07, 6.45) is 0. The lowest BCUT2D eigenvalue weighted by atomic mass is 10.1. The van der Waals surface area contributed by atoms with Crippen molar-refractivity contribution in [3.63, 3.8) is 0 Å². The maximum absolute atomic E-state index is 13.0. The average Bonchev–Trinajstić information content (AvgIpc) is 2.28. The average molecular weight is 236 g/mol. The molecular weight excluding hydrogens is 219 g/mol. The number of hydrogen-bond donors (Lipinski definition) is 1. The Morgan fingerprint density at radius 1 is 1.53 bits per heavy atom. The van der Waals surface area contributed by atoms with Gasteiger partial charge in [-0.05, 0) is 37.6 Å². The Hall–Kier alpha value is -1.42. The minimum atomic E-state index is -0.298. The number of amides is 1. The third-order valence-corrected chi connectivity index (χ3v) is 3.07. The van der Waals surface area contributed by atoms with Crippen molar-refractivity contribution in [2.75, 3.05) is 19.6 Å². The number of nitrogens with one attached hydrogen (secondary N) is 1. The van der Waals surface area contributed by atoms with Gasteiger partial charge in [0, 0.05) is 31.2 Å². The lowest BCUT2D eigenvalue weighted by molar-refractivity contribution is 0.0708. The number of piperazine rings is 1. The summed E-state index contributed by atoms with van der Waals surface area (Å²) in [5.74, 6) is -0.302. The fourth-order valence-electron chi connectivity index (χ4n) is 2.15. The summed E-state index contributed by atoms with van der Waals surface area (Å²) >= 11 is 0. The number of carbonyl (C=O) groups is 1. The predicted molar refractivity (Wildman–Crippen MR) is 64.5 cm³/mol. The first-order valence-corrected chi connectivity index (χ1v) is 5.87. The standard InChI is InChI=1S/C13H17FN2O/c1-9-7-11(14)3-4-12(9)13(17)16-6-5-15-10(2)8-16/h3-4,7,10,15H,5-6,8H2,1-2H3/t10-/m1/s1. The van der Waals surface area contributed by atoms with Crippen LogP contribution < -0.4 is 5.32 Å². The van der Waals surface area contributed by atoms with Crippen LogP contribution in [-0.4, -0.2) is 36.5 Å². The van der Waals surface area contributed by atoms with Crippen LogP contribution in [0, 0.1) is 12.7 Å². The topological polar surface area (TPSA) is 32.3 Å². The Bertz CT molecular complexity index is 433. The Morgan fingerprint density at radius 2 is 2.29 bits per heavy atom. The zero-order valence-corrected chi connectivity index (χ0v) is 10.2. The molecule has 0 unspecified atom stereocenters. The van der Waals surface area contributed by atoms with Crippen molar-refractivity contribution < 1.29 is 9.18 Å². The zero-order chi connectivity index (χ0) is 12.4. The van der Waals surface area contributed by atoms with Gasteiger partial charge in [0.05, 0.1) is 0 Å². The molecule has 1 aliphatic rings. The van der Waals surface area contributed by atoms with E-state index in [1.165, 1.54) is 12.1 Å². The summed E-state index contributed by atoms with van der Waals surface area (Å²) in [5.41, 5.74) is 1.29. The van der Waals surface area contributed by atoms with E-state index in [0.717, 1.165) is 6.54 Å². The predicted octanol–water partition coefficient (Wildman–Crippen LogP) is 1.57. The second-order valence-corrected chi connectivity index (χ2v) is 4.57. The maximum atomic E-state index is 13.0. The lowest BCUT2D eigenvalue weighted by Gasteiger charge is -2.32. The van der Waals surface area contributed by atoms with Crippen molar-refractivity contribution in [3.05, 3.63) is 35.1 Å². The number of rotatable bonds is 1. The van der Waals surface area contributed by atoms with Crippen molar-refractivity contribution in [2.45, 2.75) is 19.9 Å². The number of halogens is 1. The summed E-state index contributed by atoms with van der Waals surface area (Å²) in [7, 11) is 0. The molecule has 0 radical (unpaired) electrons. The maximum Gasteiger partial charge on any atom is 0.254 e. The molecule has 1 amide bonds. The van der Waals surface area contributed by atoms with E-state index >= 15 is 0 Å². The van der Waals surface area contributed by atoms with Crippen molar-refractivity contribution in [1.82, 2.24) is 10.2 Å². The van der Waals surface area contributed by atoms with Gasteiger partial charge in [0.15, 0.2) is 0 Å². The van der Waals surface area contributed by atoms with Gasteiger partial charge in [0.1, 0.15) is 5.82 Å². The normalized spacial score (nSPS) is 20.4. The van der Waals surface area contributed by atoms with E-state index < -0.39 is 0 Å². The SMILES string of the molecule is Cc1cc(F)ccc1C(=O)N1CCN[C@H](C)C1. The molecule has 1 atom stereocenters. The number of hydrogen-bond acceptors (Lipinski definition) is 2. The third kappa shape index (κ3) is 2.64. The van der Waals surface area contributed by atoms with Crippen LogP contribution >= 0.6 is 0 Å². The largest absolute Gasteiger partial charge is 0.336 e. The Morgan fingerprint density at radius 3 is 2.94 bits per heavy atom. The van der Waals surface area contributed by atoms with E-state index in [2.05, 4.69) is 12.2 Å². The van der Waals surface area contributed by atoms with E-state index in [9.17, 15) is 9.18 Å². The van der Waals surface area contributed by atoms with Crippen LogP contribution in [-0.2, 0) is 0 Å². The van der Waals surface area contributed by atoms with Crippen LogP contribution in [0.1, 0.15) is 22.8 Å². The van der Waals surface area contributed by atoms with Gasteiger partial charge in [-0.25, -0.2) is 4.39 Å². The Balaban J connectivity index is 2.18. The number of nitrogens with zero attached hydrogens (tertiary/aromatic N) is 1. The highest BCUT2D eigenvalue weighted by atomic mass is 19.1. The minimum absolute atomic E-state index is 0.00384. The molecule has 1 aromatic carbocycles. The van der Waals surface area contributed by atoms with Crippen LogP contribution in [0.25, 0.3) is 0 Å². The molecule has 2 rings (SSSR count). The monoisotopic (exact) mass is 236 g/mol. The van der Waals surface area contributed by atoms with E-state index in [-0.39, 0.29) is 11.7 Å². The Kier molecular flexibility index (Phi) is 3.43. The highest BCUT2D eigenvalue weighted by Crippen LogP contribution is 2.14. The van der Waals surface area contributed by atoms with Gasteiger partial charge in [0.25, 0.3) is 5.91 Å². The molecule has 0 aromatic heterocycles. The Labute approximate surface area is 101 Å². The molecule has 1 aromatic rings. The quantitative estimate of drug-likeness (QED) is 0.802. The molecule has 0 spiro atoms. The fourth-order valence-corrected chi connectivity index (χ4v) is 2.15. The van der Waals surface area contributed by atoms with Gasteiger partial charge in [0.2, 0.25) is 0 Å². The van der Waals surface area contributed by atoms with E-state index in [1.54, 1.807) is 13.0 Å². The molecule has 0 aliphatic carbocycles. The molecule has 0 saturated carbocycles. The van der Waals surface area contributed by atoms with Gasteiger partial charge in [-0.3, -0.25) is 4.79 Å². The molecule has 3 nitrogen and oxygen atoms in total. The van der Waals surface area contributed by atoms with Crippen LogP contribution in [0.5, 0.6) is 0 Å². The first-order chi connectivity index (χ1) is 8.08. The van der Waals surface area contributed by atoms with Crippen molar-refractivity contribution in [1.29, 1.82) is 0 Å². The van der Waals surface area contributed by atoms with Crippen molar-refractivity contribution in [3.8, 4) is 0 Å². The summed E-state index contributed by atoms with van der Waals surface area (Å²) in [5, 5.41) is 3.29. The summed E-state index contributed by atoms with van der Waals surface area (Å²) in [6.45, 7) is 6.04. The van der Waals surface area contributed by atoms with E-state index in [1.807, 2.05) is 4.90 Å². The van der Waals surface area contributed by atoms with Crippen molar-refractivity contribution in [2.24, 2.45) is 0 Å². The van der Waals surface area contributed by atoms with Crippen molar-refractivity contribution >= 4 is 5.91 Å². The molecule has 1 saturated heterocycles. The number of carbonyl (C=O) groups excluding carboxylic acids is 1. The van der Waals surface area contributed by atoms with Gasteiger partial charge in [-0.2, -0.15) is 0 Å². The van der Waals surface area contributed by atoms with Crippen LogP contribution in [0.15, 0.2) is 18.2 Å². The van der Waals surface area contributed by atoms with Crippen LogP contribution in [0.3, 0.4) is 0 Å². The second kappa shape index (κ2) is 4.84. The first-order valence-electron chi connectivity index (χ1n) is 5.87. The lowest BCUT2D eigenvalue weighted by Crippen LogP contribution is -2.51. The van der Waals surface area contributed by atoms with Gasteiger partial charge in [-0.15, -0.1) is 0 Å². The number of aryl methyl sites for hydroxylation is 1. The highest BCUT2D eigenvalue weighted by molar-refractivity contribution is 5.95. The molecule has 17 heavy (non-hydrogen) atoms. The summed E-state index contributed by atoms with van der Waals surface area (Å²) in [4.78, 5) is 14.1. The van der Waals surface area contributed by atoms with Gasteiger partial charge < -0.3 is 10.2 Å². The molecular formula is C13H17FN2O. The number of benzene rings is 1. The zero-order valence-electron chi connectivity index (χ0n) is 10.2. The van der Waals surface area contributed by atoms with Crippen LogP contribution in [0.2, 0.25) is 0 Å². The smallest absolute Gasteiger partial charge is 0.254 e. The van der Waals surface area contributed by atoms with Gasteiger partial charge >= 0.3 is 0 Å². The second-order valence-electron chi connectivity index (χ2n) is 4.57. The van der Waals surface area contributed by atoms with Gasteiger partial charge in [-0.1, -0.05) is 0 Å². The molecule has 92 valence electrons. The molecule has 4 heteroatoms. The van der Waals surface area contributed by atoms with Crippen LogP contribution in [0.4, 0.5) is 4.39 Å². The summed E-state index contributed by atoms with van der Waals surface area (Å²) < 4.78 is 13.0. The molecule has 1 heterocycles. The molecule has 0 bridgehead atoms. The van der Waals surface area contributed by atoms with E-state index in [4.69, 9.17) is 0 Å². The fraction of sp³-hybridized carbons (Fsp3) is 0.462. The minimum Gasteiger partial charge on any atom is -0.336 e. The first kappa shape index (κ1) is 12.0. The molecule has 1 aliphatic heterocycles. The van der Waals surface area contributed by atoms with E-state index in [0.29, 0.717) is 30.3 Å². The molecule has 1 N–H and O–H groups in total. The molecule has 1 fully saturated rings. The third-order valence-electron chi connectivity index (χ3n) is 3.07. The highest BCUT2D eigenvalue weighted by Gasteiger charge is 2.22. The summed E-state index contributed by atoms with van der Waals surface area (Å²) in [6, 6.07) is 4.62.